The highest BCUT2D eigenvalue weighted by atomic mass is 127. The fourth-order valence-corrected chi connectivity index (χ4v) is 1.95. The SMILES string of the molecule is Cc1nc(I)c2ccc(Cl)nn12. The van der Waals surface area contributed by atoms with E-state index in [0.717, 1.165) is 15.0 Å². The van der Waals surface area contributed by atoms with Crippen molar-refractivity contribution < 1.29 is 0 Å². The van der Waals surface area contributed by atoms with Gasteiger partial charge in [-0.1, -0.05) is 11.6 Å². The molecule has 0 aromatic carbocycles. The van der Waals surface area contributed by atoms with Gasteiger partial charge in [0.1, 0.15) is 14.7 Å². The molecule has 0 spiro atoms. The molecule has 0 radical (unpaired) electrons. The van der Waals surface area contributed by atoms with Gasteiger partial charge in [-0.2, -0.15) is 5.10 Å². The number of aromatic nitrogens is 3. The molecule has 0 bridgehead atoms. The molecule has 5 heteroatoms. The van der Waals surface area contributed by atoms with Crippen molar-refractivity contribution in [3.8, 4) is 0 Å². The molecule has 2 aromatic heterocycles. The van der Waals surface area contributed by atoms with Crippen molar-refractivity contribution >= 4 is 39.7 Å². The fraction of sp³-hybridized carbons (Fsp3) is 0.143. The van der Waals surface area contributed by atoms with E-state index in [1.54, 1.807) is 10.6 Å². The van der Waals surface area contributed by atoms with Gasteiger partial charge >= 0.3 is 0 Å². The van der Waals surface area contributed by atoms with Crippen LogP contribution in [0.5, 0.6) is 0 Å². The summed E-state index contributed by atoms with van der Waals surface area (Å²) < 4.78 is 2.69. The normalized spacial score (nSPS) is 10.9. The molecule has 0 saturated heterocycles. The first-order valence-electron chi connectivity index (χ1n) is 3.36. The molecule has 0 aliphatic heterocycles. The molecular weight excluding hydrogens is 288 g/mol. The van der Waals surface area contributed by atoms with E-state index in [4.69, 9.17) is 11.6 Å². The minimum atomic E-state index is 0.486. The number of hydrogen-bond donors (Lipinski definition) is 0. The number of fused-ring (bicyclic) bond motifs is 1. The van der Waals surface area contributed by atoms with Crippen LogP contribution in [0, 0.1) is 10.6 Å². The number of halogens is 2. The van der Waals surface area contributed by atoms with Crippen LogP contribution in [0.15, 0.2) is 12.1 Å². The average Bonchev–Trinajstić information content (AvgIpc) is 2.28. The van der Waals surface area contributed by atoms with Gasteiger partial charge in [0.2, 0.25) is 0 Å². The molecule has 0 atom stereocenters. The van der Waals surface area contributed by atoms with Gasteiger partial charge in [0.25, 0.3) is 0 Å². The summed E-state index contributed by atoms with van der Waals surface area (Å²) >= 11 is 7.91. The van der Waals surface area contributed by atoms with Gasteiger partial charge in [-0.05, 0) is 41.6 Å². The van der Waals surface area contributed by atoms with Gasteiger partial charge in [-0.25, -0.2) is 9.50 Å². The van der Waals surface area contributed by atoms with E-state index in [1.807, 2.05) is 13.0 Å². The first-order chi connectivity index (χ1) is 5.68. The minimum absolute atomic E-state index is 0.486. The van der Waals surface area contributed by atoms with Crippen LogP contribution in [0.4, 0.5) is 0 Å². The van der Waals surface area contributed by atoms with Crippen molar-refractivity contribution in [2.24, 2.45) is 0 Å². The molecular formula is C7H5ClIN3. The van der Waals surface area contributed by atoms with E-state index >= 15 is 0 Å². The van der Waals surface area contributed by atoms with Crippen LogP contribution in [-0.4, -0.2) is 14.6 Å². The Morgan fingerprint density at radius 1 is 1.50 bits per heavy atom. The Kier molecular flexibility index (Phi) is 1.96. The van der Waals surface area contributed by atoms with Gasteiger partial charge in [0.05, 0.1) is 5.52 Å². The molecule has 0 saturated carbocycles. The second kappa shape index (κ2) is 2.85. The van der Waals surface area contributed by atoms with Crippen LogP contribution >= 0.6 is 34.2 Å². The number of aryl methyl sites for hydroxylation is 1. The van der Waals surface area contributed by atoms with Crippen molar-refractivity contribution in [1.82, 2.24) is 14.6 Å². The predicted molar refractivity (Wildman–Crippen MR) is 55.5 cm³/mol. The summed E-state index contributed by atoms with van der Waals surface area (Å²) in [7, 11) is 0. The smallest absolute Gasteiger partial charge is 0.150 e. The van der Waals surface area contributed by atoms with Crippen LogP contribution in [0.1, 0.15) is 5.82 Å². The molecule has 2 heterocycles. The van der Waals surface area contributed by atoms with E-state index in [0.29, 0.717) is 5.15 Å². The van der Waals surface area contributed by atoms with Crippen LogP contribution in [0.2, 0.25) is 5.15 Å². The first kappa shape index (κ1) is 8.25. The van der Waals surface area contributed by atoms with Crippen LogP contribution in [0.25, 0.3) is 5.52 Å². The largest absolute Gasteiger partial charge is 0.225 e. The molecule has 2 rings (SSSR count). The molecule has 0 aliphatic rings. The zero-order chi connectivity index (χ0) is 8.72. The highest BCUT2D eigenvalue weighted by Crippen LogP contribution is 2.15. The van der Waals surface area contributed by atoms with Gasteiger partial charge in [-0.15, -0.1) is 0 Å². The molecule has 0 unspecified atom stereocenters. The third-order valence-electron chi connectivity index (χ3n) is 1.58. The molecule has 3 nitrogen and oxygen atoms in total. The van der Waals surface area contributed by atoms with Crippen LogP contribution in [-0.2, 0) is 0 Å². The van der Waals surface area contributed by atoms with E-state index in [9.17, 15) is 0 Å². The van der Waals surface area contributed by atoms with Crippen molar-refractivity contribution in [3.63, 3.8) is 0 Å². The minimum Gasteiger partial charge on any atom is -0.225 e. The Labute approximate surface area is 87.9 Å². The standard InChI is InChI=1S/C7H5ClIN3/c1-4-10-7(9)5-2-3-6(8)11-12(4)5/h2-3H,1H3. The second-order valence-electron chi connectivity index (χ2n) is 2.40. The van der Waals surface area contributed by atoms with E-state index < -0.39 is 0 Å². The summed E-state index contributed by atoms with van der Waals surface area (Å²) in [6, 6.07) is 3.68. The maximum Gasteiger partial charge on any atom is 0.150 e. The quantitative estimate of drug-likeness (QED) is 0.698. The lowest BCUT2D eigenvalue weighted by molar-refractivity contribution is 0.877. The van der Waals surface area contributed by atoms with Crippen molar-refractivity contribution in [2.45, 2.75) is 6.92 Å². The second-order valence-corrected chi connectivity index (χ2v) is 3.81. The fourth-order valence-electron chi connectivity index (χ4n) is 1.05. The van der Waals surface area contributed by atoms with Crippen molar-refractivity contribution in [3.05, 3.63) is 26.8 Å². The summed E-state index contributed by atoms with van der Waals surface area (Å²) in [5, 5.41) is 4.60. The van der Waals surface area contributed by atoms with E-state index in [-0.39, 0.29) is 0 Å². The van der Waals surface area contributed by atoms with Crippen molar-refractivity contribution in [2.75, 3.05) is 0 Å². The molecule has 0 aliphatic carbocycles. The number of rotatable bonds is 0. The van der Waals surface area contributed by atoms with Crippen LogP contribution in [0.3, 0.4) is 0 Å². The highest BCUT2D eigenvalue weighted by molar-refractivity contribution is 14.1. The number of imidazole rings is 1. The lowest BCUT2D eigenvalue weighted by atomic mass is 10.5. The Balaban J connectivity index is 2.90. The number of nitrogens with zero attached hydrogens (tertiary/aromatic N) is 3. The van der Waals surface area contributed by atoms with Crippen LogP contribution < -0.4 is 0 Å². The monoisotopic (exact) mass is 293 g/mol. The van der Waals surface area contributed by atoms with E-state index in [2.05, 4.69) is 32.7 Å². The first-order valence-corrected chi connectivity index (χ1v) is 4.81. The third kappa shape index (κ3) is 1.19. The van der Waals surface area contributed by atoms with Crippen molar-refractivity contribution in [1.29, 1.82) is 0 Å². The third-order valence-corrected chi connectivity index (χ3v) is 2.58. The lowest BCUT2D eigenvalue weighted by Crippen LogP contribution is -1.93. The summed E-state index contributed by atoms with van der Waals surface area (Å²) in [6.07, 6.45) is 0. The highest BCUT2D eigenvalue weighted by Gasteiger charge is 2.05. The molecule has 0 N–H and O–H groups in total. The Bertz CT molecular complexity index is 437. The lowest BCUT2D eigenvalue weighted by Gasteiger charge is -1.94. The summed E-state index contributed by atoms with van der Waals surface area (Å²) in [5.41, 5.74) is 0.998. The maximum absolute atomic E-state index is 5.74. The zero-order valence-electron chi connectivity index (χ0n) is 6.25. The Morgan fingerprint density at radius 3 is 3.00 bits per heavy atom. The van der Waals surface area contributed by atoms with Gasteiger partial charge in [0, 0.05) is 0 Å². The molecule has 62 valence electrons. The molecule has 2 aromatic rings. The zero-order valence-corrected chi connectivity index (χ0v) is 9.17. The van der Waals surface area contributed by atoms with Gasteiger partial charge in [-0.3, -0.25) is 0 Å². The summed E-state index contributed by atoms with van der Waals surface area (Å²) in [5.74, 6) is 0.858. The topological polar surface area (TPSA) is 30.2 Å². The van der Waals surface area contributed by atoms with Gasteiger partial charge < -0.3 is 0 Å². The maximum atomic E-state index is 5.74. The summed E-state index contributed by atoms with van der Waals surface area (Å²) in [4.78, 5) is 4.26. The molecule has 0 fully saturated rings. The average molecular weight is 293 g/mol. The number of hydrogen-bond acceptors (Lipinski definition) is 2. The Morgan fingerprint density at radius 2 is 2.25 bits per heavy atom. The van der Waals surface area contributed by atoms with E-state index in [1.165, 1.54) is 0 Å². The summed E-state index contributed by atoms with van der Waals surface area (Å²) in [6.45, 7) is 1.90. The predicted octanol–water partition coefficient (Wildman–Crippen LogP) is 2.30. The van der Waals surface area contributed by atoms with Gasteiger partial charge in [0.15, 0.2) is 0 Å². The molecule has 0 amide bonds. The molecule has 12 heavy (non-hydrogen) atoms. The Hall–Kier alpha value is -0.360.